The number of carbonyl (C=O) groups is 1. The molecule has 172 valence electrons. The molecule has 33 heavy (non-hydrogen) atoms. The van der Waals surface area contributed by atoms with E-state index in [4.69, 9.17) is 0 Å². The van der Waals surface area contributed by atoms with Crippen molar-refractivity contribution in [3.63, 3.8) is 0 Å². The lowest BCUT2D eigenvalue weighted by atomic mass is 10.2. The van der Waals surface area contributed by atoms with Gasteiger partial charge >= 0.3 is 0 Å². The Morgan fingerprint density at radius 2 is 1.79 bits per heavy atom. The second-order valence-corrected chi connectivity index (χ2v) is 9.54. The molecule has 0 atom stereocenters. The van der Waals surface area contributed by atoms with Gasteiger partial charge in [-0.05, 0) is 25.1 Å². The van der Waals surface area contributed by atoms with Gasteiger partial charge in [-0.3, -0.25) is 24.3 Å². The van der Waals surface area contributed by atoms with Crippen LogP contribution >= 0.6 is 0 Å². The zero-order chi connectivity index (χ0) is 23.8. The Hall–Kier alpha value is -3.64. The van der Waals surface area contributed by atoms with Gasteiger partial charge in [0.1, 0.15) is 12.4 Å². The fourth-order valence-electron chi connectivity index (χ4n) is 3.78. The van der Waals surface area contributed by atoms with Crippen molar-refractivity contribution < 1.29 is 18.1 Å². The van der Waals surface area contributed by atoms with Crippen molar-refractivity contribution in [3.8, 4) is 0 Å². The Bertz CT molecular complexity index is 1410. The molecule has 4 rings (SSSR count). The van der Waals surface area contributed by atoms with E-state index in [2.05, 4.69) is 4.98 Å². The van der Waals surface area contributed by atoms with Gasteiger partial charge in [0.25, 0.3) is 11.2 Å². The molecule has 0 radical (unpaired) electrons. The summed E-state index contributed by atoms with van der Waals surface area (Å²) in [7, 11) is -3.94. The molecule has 1 aliphatic heterocycles. The van der Waals surface area contributed by atoms with E-state index in [0.29, 0.717) is 16.7 Å². The Morgan fingerprint density at radius 1 is 1.09 bits per heavy atom. The molecule has 0 spiro atoms. The topological polar surface area (TPSA) is 136 Å². The highest BCUT2D eigenvalue weighted by molar-refractivity contribution is 7.89. The highest BCUT2D eigenvalue weighted by Gasteiger charge is 2.31. The number of piperazine rings is 1. The normalized spacial score (nSPS) is 15.0. The van der Waals surface area contributed by atoms with Crippen LogP contribution in [0, 0.1) is 17.0 Å². The molecule has 1 aliphatic rings. The summed E-state index contributed by atoms with van der Waals surface area (Å²) >= 11 is 0. The van der Waals surface area contributed by atoms with E-state index >= 15 is 0 Å². The van der Waals surface area contributed by atoms with Crippen LogP contribution in [0.3, 0.4) is 0 Å². The minimum atomic E-state index is -3.94. The molecule has 3 aromatic rings. The zero-order valence-corrected chi connectivity index (χ0v) is 18.6. The monoisotopic (exact) mass is 471 g/mol. The maximum absolute atomic E-state index is 12.9. The number of para-hydroxylation sites is 1. The lowest BCUT2D eigenvalue weighted by Crippen LogP contribution is -2.51. The first kappa shape index (κ1) is 22.6. The van der Waals surface area contributed by atoms with E-state index in [1.165, 1.54) is 32.0 Å². The third kappa shape index (κ3) is 4.34. The van der Waals surface area contributed by atoms with E-state index in [0.717, 1.165) is 6.07 Å². The predicted molar refractivity (Wildman–Crippen MR) is 119 cm³/mol. The molecule has 11 nitrogen and oxygen atoms in total. The number of amides is 1. The minimum absolute atomic E-state index is 0.0423. The number of nitro benzene ring substituents is 1. The average molecular weight is 471 g/mol. The van der Waals surface area contributed by atoms with Crippen molar-refractivity contribution in [2.45, 2.75) is 18.4 Å². The van der Waals surface area contributed by atoms with Crippen molar-refractivity contribution in [3.05, 3.63) is 74.8 Å². The molecule has 1 aromatic heterocycles. The van der Waals surface area contributed by atoms with E-state index in [9.17, 15) is 28.1 Å². The summed E-state index contributed by atoms with van der Waals surface area (Å²) in [6.45, 7) is 1.83. The van der Waals surface area contributed by atoms with Gasteiger partial charge in [0, 0.05) is 38.3 Å². The molecule has 0 bridgehead atoms. The molecular weight excluding hydrogens is 450 g/mol. The summed E-state index contributed by atoms with van der Waals surface area (Å²) in [5.74, 6) is 0.101. The van der Waals surface area contributed by atoms with Crippen LogP contribution in [0.15, 0.2) is 58.2 Å². The number of nitro groups is 1. The summed E-state index contributed by atoms with van der Waals surface area (Å²) < 4.78 is 28.3. The summed E-state index contributed by atoms with van der Waals surface area (Å²) in [6, 6.07) is 11.8. The maximum atomic E-state index is 12.9. The number of non-ortho nitro benzene ring substituents is 1. The molecule has 0 aliphatic carbocycles. The van der Waals surface area contributed by atoms with Crippen molar-refractivity contribution in [2.24, 2.45) is 0 Å². The minimum Gasteiger partial charge on any atom is -0.338 e. The van der Waals surface area contributed by atoms with Gasteiger partial charge in [0.05, 0.1) is 20.7 Å². The van der Waals surface area contributed by atoms with Gasteiger partial charge in [-0.2, -0.15) is 4.31 Å². The molecule has 1 saturated heterocycles. The Labute approximate surface area is 189 Å². The lowest BCUT2D eigenvalue weighted by Gasteiger charge is -2.34. The number of aromatic nitrogens is 2. The first-order valence-electron chi connectivity index (χ1n) is 10.2. The molecule has 12 heteroatoms. The van der Waals surface area contributed by atoms with Gasteiger partial charge in [-0.15, -0.1) is 0 Å². The van der Waals surface area contributed by atoms with Crippen LogP contribution in [0.1, 0.15) is 5.82 Å². The molecule has 0 saturated carbocycles. The highest BCUT2D eigenvalue weighted by Crippen LogP contribution is 2.22. The summed E-state index contributed by atoms with van der Waals surface area (Å²) in [4.78, 5) is 41.7. The summed E-state index contributed by atoms with van der Waals surface area (Å²) in [6.07, 6.45) is 0. The fourth-order valence-corrected chi connectivity index (χ4v) is 5.25. The van der Waals surface area contributed by atoms with Gasteiger partial charge in [-0.25, -0.2) is 13.4 Å². The first-order chi connectivity index (χ1) is 15.7. The summed E-state index contributed by atoms with van der Waals surface area (Å²) in [5.41, 5.74) is -0.0586. The third-order valence-corrected chi connectivity index (χ3v) is 7.50. The van der Waals surface area contributed by atoms with Crippen LogP contribution in [-0.2, 0) is 21.4 Å². The maximum Gasteiger partial charge on any atom is 0.270 e. The number of hydrogen-bond donors (Lipinski definition) is 0. The van der Waals surface area contributed by atoms with Crippen molar-refractivity contribution in [1.29, 1.82) is 0 Å². The van der Waals surface area contributed by atoms with Crippen LogP contribution in [0.5, 0.6) is 0 Å². The zero-order valence-electron chi connectivity index (χ0n) is 17.7. The molecule has 2 heterocycles. The van der Waals surface area contributed by atoms with E-state index < -0.39 is 14.9 Å². The number of hydrogen-bond acceptors (Lipinski definition) is 7. The number of fused-ring (bicyclic) bond motifs is 1. The van der Waals surface area contributed by atoms with Crippen LogP contribution in [0.25, 0.3) is 10.9 Å². The summed E-state index contributed by atoms with van der Waals surface area (Å²) in [5, 5.41) is 11.4. The number of carbonyl (C=O) groups excluding carboxylic acids is 1. The van der Waals surface area contributed by atoms with Crippen LogP contribution in [0.4, 0.5) is 5.69 Å². The number of aryl methyl sites for hydroxylation is 1. The predicted octanol–water partition coefficient (Wildman–Crippen LogP) is 1.15. The fraction of sp³-hybridized carbons (Fsp3) is 0.286. The van der Waals surface area contributed by atoms with Gasteiger partial charge in [0.2, 0.25) is 15.9 Å². The van der Waals surface area contributed by atoms with Crippen LogP contribution in [-0.4, -0.2) is 64.2 Å². The highest BCUT2D eigenvalue weighted by atomic mass is 32.2. The lowest BCUT2D eigenvalue weighted by molar-refractivity contribution is -0.385. The van der Waals surface area contributed by atoms with E-state index in [1.54, 1.807) is 31.2 Å². The van der Waals surface area contributed by atoms with Crippen molar-refractivity contribution >= 4 is 32.5 Å². The van der Waals surface area contributed by atoms with Crippen LogP contribution in [0.2, 0.25) is 0 Å². The molecule has 0 N–H and O–H groups in total. The largest absolute Gasteiger partial charge is 0.338 e. The number of sulfonamides is 1. The third-order valence-electron chi connectivity index (χ3n) is 5.60. The molecule has 1 amide bonds. The smallest absolute Gasteiger partial charge is 0.270 e. The Morgan fingerprint density at radius 3 is 2.48 bits per heavy atom. The number of rotatable bonds is 5. The quantitative estimate of drug-likeness (QED) is 0.402. The number of benzene rings is 2. The van der Waals surface area contributed by atoms with E-state index in [1.807, 2.05) is 0 Å². The second-order valence-electron chi connectivity index (χ2n) is 7.61. The van der Waals surface area contributed by atoms with Gasteiger partial charge in [0.15, 0.2) is 0 Å². The molecule has 1 fully saturated rings. The van der Waals surface area contributed by atoms with Gasteiger partial charge in [-0.1, -0.05) is 18.2 Å². The first-order valence-corrected chi connectivity index (χ1v) is 11.6. The Kier molecular flexibility index (Phi) is 5.95. The number of nitrogens with zero attached hydrogens (tertiary/aromatic N) is 5. The van der Waals surface area contributed by atoms with Crippen LogP contribution < -0.4 is 5.56 Å². The SMILES string of the molecule is Cc1nc2ccccc2c(=O)n1CC(=O)N1CCN(S(=O)(=O)c2cccc([N+](=O)[O-])c2)CC1. The average Bonchev–Trinajstić information content (AvgIpc) is 2.81. The standard InChI is InChI=1S/C21H21N5O6S/c1-15-22-19-8-3-2-7-18(19)21(28)25(15)14-20(27)23-9-11-24(12-10-23)33(31,32)17-6-4-5-16(13-17)26(29)30/h2-8,13H,9-12,14H2,1H3. The molecule has 2 aromatic carbocycles. The second kappa shape index (κ2) is 8.71. The van der Waals surface area contributed by atoms with Crippen molar-refractivity contribution in [2.75, 3.05) is 26.2 Å². The molecular formula is C21H21N5O6S. The Balaban J connectivity index is 1.47. The van der Waals surface area contributed by atoms with E-state index in [-0.39, 0.29) is 54.8 Å². The molecule has 0 unspecified atom stereocenters. The van der Waals surface area contributed by atoms with Crippen molar-refractivity contribution in [1.82, 2.24) is 18.8 Å². The van der Waals surface area contributed by atoms with Gasteiger partial charge < -0.3 is 4.90 Å².